The Kier molecular flexibility index (Phi) is 7.70. The van der Waals surface area contributed by atoms with E-state index in [1.165, 1.54) is 46.8 Å². The maximum Gasteiger partial charge on any atom is 0.263 e. The Morgan fingerprint density at radius 2 is 1.44 bits per heavy atom. The third kappa shape index (κ3) is 5.89. The molecule has 0 saturated carbocycles. The largest absolute Gasteiger partial charge is 0.322 e. The average Bonchev–Trinajstić information content (AvgIpc) is 2.86. The molecule has 11 heteroatoms. The van der Waals surface area contributed by atoms with Crippen molar-refractivity contribution in [2.75, 3.05) is 23.1 Å². The summed E-state index contributed by atoms with van der Waals surface area (Å²) in [6.07, 6.45) is 2.70. The van der Waals surface area contributed by atoms with Gasteiger partial charge in [-0.3, -0.25) is 9.52 Å². The molecule has 0 bridgehead atoms. The summed E-state index contributed by atoms with van der Waals surface area (Å²) >= 11 is 6.15. The lowest BCUT2D eigenvalue weighted by Crippen LogP contribution is -2.35. The first kappa shape index (κ1) is 26.2. The highest BCUT2D eigenvalue weighted by Gasteiger charge is 2.26. The fraction of sp³-hybridized carbons (Fsp3) is 0.240. The van der Waals surface area contributed by atoms with Gasteiger partial charge in [-0.05, 0) is 74.4 Å². The topological polar surface area (TPSA) is 113 Å². The van der Waals surface area contributed by atoms with Crippen molar-refractivity contribution in [1.29, 1.82) is 0 Å². The number of carbonyl (C=O) groups is 1. The van der Waals surface area contributed by atoms with Crippen molar-refractivity contribution in [3.63, 3.8) is 0 Å². The Hall–Kier alpha value is -2.92. The van der Waals surface area contributed by atoms with Gasteiger partial charge in [0.15, 0.2) is 0 Å². The van der Waals surface area contributed by atoms with Gasteiger partial charge in [-0.2, -0.15) is 4.31 Å². The fourth-order valence-electron chi connectivity index (χ4n) is 3.85. The number of piperidine rings is 1. The summed E-state index contributed by atoms with van der Waals surface area (Å²) in [5.41, 5.74) is 1.79. The molecule has 1 aliphatic heterocycles. The third-order valence-electron chi connectivity index (χ3n) is 5.85. The van der Waals surface area contributed by atoms with E-state index in [0.717, 1.165) is 24.8 Å². The molecule has 3 aromatic carbocycles. The average molecular weight is 548 g/mol. The van der Waals surface area contributed by atoms with Crippen LogP contribution in [0.1, 0.15) is 35.2 Å². The molecule has 36 heavy (non-hydrogen) atoms. The van der Waals surface area contributed by atoms with E-state index < -0.39 is 26.0 Å². The molecule has 0 spiro atoms. The first-order valence-electron chi connectivity index (χ1n) is 11.4. The van der Waals surface area contributed by atoms with E-state index in [1.807, 2.05) is 6.92 Å². The lowest BCUT2D eigenvalue weighted by atomic mass is 10.2. The molecule has 2 N–H and O–H groups in total. The number of hydrogen-bond acceptors (Lipinski definition) is 5. The van der Waals surface area contributed by atoms with Crippen molar-refractivity contribution >= 4 is 48.9 Å². The minimum absolute atomic E-state index is 0.0292. The van der Waals surface area contributed by atoms with Crippen LogP contribution >= 0.6 is 11.6 Å². The van der Waals surface area contributed by atoms with Gasteiger partial charge in [0.25, 0.3) is 15.9 Å². The van der Waals surface area contributed by atoms with Crippen LogP contribution in [0.3, 0.4) is 0 Å². The molecule has 0 atom stereocenters. The van der Waals surface area contributed by atoms with Gasteiger partial charge in [-0.15, -0.1) is 0 Å². The van der Waals surface area contributed by atoms with Crippen molar-refractivity contribution in [3.05, 3.63) is 82.9 Å². The molecule has 0 aromatic heterocycles. The second-order valence-corrected chi connectivity index (χ2v) is 12.6. The minimum Gasteiger partial charge on any atom is -0.322 e. The Morgan fingerprint density at radius 1 is 0.833 bits per heavy atom. The molecule has 4 rings (SSSR count). The van der Waals surface area contributed by atoms with E-state index in [0.29, 0.717) is 24.5 Å². The number of benzene rings is 3. The van der Waals surface area contributed by atoms with Crippen LogP contribution in [0.15, 0.2) is 76.5 Å². The molecular weight excluding hydrogens is 522 g/mol. The van der Waals surface area contributed by atoms with E-state index in [2.05, 4.69) is 10.0 Å². The molecule has 1 amide bonds. The zero-order valence-corrected chi connectivity index (χ0v) is 22.0. The smallest absolute Gasteiger partial charge is 0.263 e. The number of anilines is 2. The predicted octanol–water partition coefficient (Wildman–Crippen LogP) is 4.88. The van der Waals surface area contributed by atoms with Gasteiger partial charge in [-0.1, -0.05) is 35.7 Å². The molecule has 8 nitrogen and oxygen atoms in total. The highest BCUT2D eigenvalue weighted by molar-refractivity contribution is 7.92. The summed E-state index contributed by atoms with van der Waals surface area (Å²) in [4.78, 5) is 12.8. The molecule has 0 radical (unpaired) electrons. The van der Waals surface area contributed by atoms with E-state index in [4.69, 9.17) is 11.6 Å². The van der Waals surface area contributed by atoms with Crippen LogP contribution in [0.4, 0.5) is 11.4 Å². The molecule has 1 aliphatic rings. The number of amides is 1. The van der Waals surface area contributed by atoms with Gasteiger partial charge in [0.2, 0.25) is 10.0 Å². The second kappa shape index (κ2) is 10.6. The van der Waals surface area contributed by atoms with Crippen molar-refractivity contribution in [2.45, 2.75) is 36.0 Å². The van der Waals surface area contributed by atoms with Crippen LogP contribution in [-0.2, 0) is 20.0 Å². The standard InChI is InChI=1S/C25H26ClN3O5S2/c1-18-5-8-21(9-6-18)28-35(31,32)24-17-19(7-14-23(24)26)25(30)27-20-10-12-22(13-11-20)36(33,34)29-15-3-2-4-16-29/h5-14,17,28H,2-4,15-16H2,1H3,(H,27,30). The van der Waals surface area contributed by atoms with Gasteiger partial charge < -0.3 is 5.32 Å². The third-order valence-corrected chi connectivity index (χ3v) is 9.63. The summed E-state index contributed by atoms with van der Waals surface area (Å²) in [5, 5.41) is 2.64. The second-order valence-electron chi connectivity index (χ2n) is 8.56. The predicted molar refractivity (Wildman–Crippen MR) is 140 cm³/mol. The summed E-state index contributed by atoms with van der Waals surface area (Å²) < 4.78 is 55.4. The van der Waals surface area contributed by atoms with Gasteiger partial charge in [-0.25, -0.2) is 16.8 Å². The molecule has 0 aliphatic carbocycles. The van der Waals surface area contributed by atoms with E-state index >= 15 is 0 Å². The van der Waals surface area contributed by atoms with E-state index in [9.17, 15) is 21.6 Å². The zero-order chi connectivity index (χ0) is 25.9. The lowest BCUT2D eigenvalue weighted by Gasteiger charge is -2.25. The van der Waals surface area contributed by atoms with Crippen LogP contribution in [0.2, 0.25) is 5.02 Å². The van der Waals surface area contributed by atoms with Crippen molar-refractivity contribution < 1.29 is 21.6 Å². The number of halogens is 1. The van der Waals surface area contributed by atoms with Gasteiger partial charge in [0.1, 0.15) is 4.90 Å². The lowest BCUT2D eigenvalue weighted by molar-refractivity contribution is 0.102. The molecule has 1 fully saturated rings. The Morgan fingerprint density at radius 3 is 2.08 bits per heavy atom. The number of sulfonamides is 2. The maximum absolute atomic E-state index is 12.9. The van der Waals surface area contributed by atoms with Crippen LogP contribution in [0, 0.1) is 6.92 Å². The molecule has 3 aromatic rings. The molecular formula is C25H26ClN3O5S2. The zero-order valence-electron chi connectivity index (χ0n) is 19.6. The minimum atomic E-state index is -4.05. The number of carbonyl (C=O) groups excluding carboxylic acids is 1. The molecule has 0 unspecified atom stereocenters. The first-order valence-corrected chi connectivity index (χ1v) is 14.7. The van der Waals surface area contributed by atoms with Crippen molar-refractivity contribution in [2.24, 2.45) is 0 Å². The number of aryl methyl sites for hydroxylation is 1. The highest BCUT2D eigenvalue weighted by atomic mass is 35.5. The van der Waals surface area contributed by atoms with Crippen molar-refractivity contribution in [3.8, 4) is 0 Å². The monoisotopic (exact) mass is 547 g/mol. The molecule has 190 valence electrons. The van der Waals surface area contributed by atoms with Crippen LogP contribution < -0.4 is 10.0 Å². The fourth-order valence-corrected chi connectivity index (χ4v) is 6.95. The number of nitrogens with one attached hydrogen (secondary N) is 2. The van der Waals surface area contributed by atoms with E-state index in [-0.39, 0.29) is 20.4 Å². The van der Waals surface area contributed by atoms with Crippen LogP contribution in [0.5, 0.6) is 0 Å². The maximum atomic E-state index is 12.9. The highest BCUT2D eigenvalue weighted by Crippen LogP contribution is 2.26. The summed E-state index contributed by atoms with van der Waals surface area (Å²) in [7, 11) is -7.63. The van der Waals surface area contributed by atoms with Crippen LogP contribution in [-0.4, -0.2) is 40.1 Å². The normalized spacial score (nSPS) is 14.8. The number of rotatable bonds is 7. The van der Waals surface area contributed by atoms with Gasteiger partial charge >= 0.3 is 0 Å². The summed E-state index contributed by atoms with van der Waals surface area (Å²) in [6.45, 7) is 2.89. The number of hydrogen-bond donors (Lipinski definition) is 2. The number of nitrogens with zero attached hydrogens (tertiary/aromatic N) is 1. The Balaban J connectivity index is 1.50. The summed E-state index contributed by atoms with van der Waals surface area (Å²) in [5.74, 6) is -0.565. The quantitative estimate of drug-likeness (QED) is 0.438. The first-order chi connectivity index (χ1) is 17.1. The SMILES string of the molecule is Cc1ccc(NS(=O)(=O)c2cc(C(=O)Nc3ccc(S(=O)(=O)N4CCCCC4)cc3)ccc2Cl)cc1. The van der Waals surface area contributed by atoms with Gasteiger partial charge in [0, 0.05) is 30.0 Å². The van der Waals surface area contributed by atoms with Gasteiger partial charge in [0.05, 0.1) is 9.92 Å². The van der Waals surface area contributed by atoms with Crippen LogP contribution in [0.25, 0.3) is 0 Å². The van der Waals surface area contributed by atoms with E-state index in [1.54, 1.807) is 24.3 Å². The Labute approximate surface area is 216 Å². The molecule has 1 saturated heterocycles. The molecule has 1 heterocycles. The Bertz CT molecular complexity index is 1470. The summed E-state index contributed by atoms with van der Waals surface area (Å²) in [6, 6.07) is 16.7. The van der Waals surface area contributed by atoms with Crippen molar-refractivity contribution in [1.82, 2.24) is 4.31 Å².